The van der Waals surface area contributed by atoms with E-state index in [1.165, 1.54) is 11.3 Å². The van der Waals surface area contributed by atoms with Gasteiger partial charge < -0.3 is 10.1 Å². The number of amides is 2. The molecule has 18 heavy (non-hydrogen) atoms. The van der Waals surface area contributed by atoms with Crippen LogP contribution in [0.4, 0.5) is 9.80 Å². The van der Waals surface area contributed by atoms with E-state index in [-0.39, 0.29) is 12.1 Å². The topological polar surface area (TPSA) is 67.4 Å². The van der Waals surface area contributed by atoms with Crippen molar-refractivity contribution in [2.75, 3.05) is 11.9 Å². The van der Waals surface area contributed by atoms with Crippen molar-refractivity contribution < 1.29 is 14.3 Å². The summed E-state index contributed by atoms with van der Waals surface area (Å²) in [5.74, 6) is -0.391. The molecule has 0 radical (unpaired) electrons. The lowest BCUT2D eigenvalue weighted by Crippen LogP contribution is -2.30. The van der Waals surface area contributed by atoms with Crippen LogP contribution < -0.4 is 10.6 Å². The highest BCUT2D eigenvalue weighted by Crippen LogP contribution is 2.28. The normalized spacial score (nSPS) is 14.1. The molecule has 0 bridgehead atoms. The molecule has 1 aromatic heterocycles. The first-order valence-electron chi connectivity index (χ1n) is 5.94. The molecule has 0 aliphatic heterocycles. The molecular formula is C12H16N2O3S. The summed E-state index contributed by atoms with van der Waals surface area (Å²) in [6.45, 7) is 3.90. The predicted molar refractivity (Wildman–Crippen MR) is 70.2 cm³/mol. The first-order chi connectivity index (χ1) is 8.61. The van der Waals surface area contributed by atoms with Crippen LogP contribution in [0.15, 0.2) is 5.38 Å². The number of carbonyl (C=O) groups excluding carboxylic acids is 2. The third-order valence-electron chi connectivity index (χ3n) is 2.59. The van der Waals surface area contributed by atoms with Crippen LogP contribution in [0.5, 0.6) is 0 Å². The van der Waals surface area contributed by atoms with Gasteiger partial charge in [0.15, 0.2) is 0 Å². The van der Waals surface area contributed by atoms with Gasteiger partial charge in [0, 0.05) is 6.04 Å². The molecule has 1 fully saturated rings. The Labute approximate surface area is 110 Å². The van der Waals surface area contributed by atoms with Gasteiger partial charge in [-0.1, -0.05) is 0 Å². The first kappa shape index (κ1) is 12.9. The molecule has 6 heteroatoms. The van der Waals surface area contributed by atoms with Gasteiger partial charge in [0.25, 0.3) is 0 Å². The quantitative estimate of drug-likeness (QED) is 0.824. The van der Waals surface area contributed by atoms with Gasteiger partial charge in [-0.05, 0) is 37.6 Å². The van der Waals surface area contributed by atoms with Crippen molar-refractivity contribution in [2.24, 2.45) is 0 Å². The van der Waals surface area contributed by atoms with E-state index in [9.17, 15) is 9.59 Å². The van der Waals surface area contributed by atoms with Gasteiger partial charge in [-0.25, -0.2) is 9.59 Å². The SMILES string of the molecule is CCOC(=O)c1c(C)csc1NC(=O)NC1CC1. The summed E-state index contributed by atoms with van der Waals surface area (Å²) >= 11 is 1.33. The first-order valence-corrected chi connectivity index (χ1v) is 6.82. The Morgan fingerprint density at radius 1 is 1.50 bits per heavy atom. The minimum absolute atomic E-state index is 0.259. The van der Waals surface area contributed by atoms with E-state index in [1.54, 1.807) is 6.92 Å². The van der Waals surface area contributed by atoms with Crippen LogP contribution in [0.25, 0.3) is 0 Å². The molecule has 2 amide bonds. The number of hydrogen-bond donors (Lipinski definition) is 2. The van der Waals surface area contributed by atoms with Gasteiger partial charge in [0.1, 0.15) is 5.00 Å². The van der Waals surface area contributed by atoms with Crippen LogP contribution in [-0.2, 0) is 4.74 Å². The molecule has 2 N–H and O–H groups in total. The Kier molecular flexibility index (Phi) is 3.86. The van der Waals surface area contributed by atoms with E-state index in [0.717, 1.165) is 18.4 Å². The Balaban J connectivity index is 2.07. The second-order valence-corrected chi connectivity index (χ2v) is 5.10. The molecule has 1 aliphatic carbocycles. The standard InChI is InChI=1S/C12H16N2O3S/c1-3-17-11(15)9-7(2)6-18-10(9)14-12(16)13-8-4-5-8/h6,8H,3-5H2,1-2H3,(H2,13,14,16). The smallest absolute Gasteiger partial charge is 0.341 e. The number of esters is 1. The summed E-state index contributed by atoms with van der Waals surface area (Å²) in [6, 6.07) is 0.0296. The maximum Gasteiger partial charge on any atom is 0.341 e. The second-order valence-electron chi connectivity index (χ2n) is 4.22. The lowest BCUT2D eigenvalue weighted by Gasteiger charge is -2.07. The van der Waals surface area contributed by atoms with E-state index in [0.29, 0.717) is 17.2 Å². The third kappa shape index (κ3) is 3.01. The van der Waals surface area contributed by atoms with Crippen molar-refractivity contribution in [2.45, 2.75) is 32.7 Å². The number of ether oxygens (including phenoxy) is 1. The van der Waals surface area contributed by atoms with Crippen LogP contribution >= 0.6 is 11.3 Å². The molecule has 0 aromatic carbocycles. The number of anilines is 1. The van der Waals surface area contributed by atoms with Crippen molar-refractivity contribution in [1.29, 1.82) is 0 Å². The molecule has 1 aliphatic rings. The van der Waals surface area contributed by atoms with Gasteiger partial charge in [-0.3, -0.25) is 5.32 Å². The zero-order valence-corrected chi connectivity index (χ0v) is 11.2. The molecule has 5 nitrogen and oxygen atoms in total. The van der Waals surface area contributed by atoms with Crippen molar-refractivity contribution in [1.82, 2.24) is 5.32 Å². The Hall–Kier alpha value is -1.56. The van der Waals surface area contributed by atoms with Gasteiger partial charge in [0.05, 0.1) is 12.2 Å². The Bertz CT molecular complexity index is 466. The van der Waals surface area contributed by atoms with Crippen LogP contribution in [0, 0.1) is 6.92 Å². The summed E-state index contributed by atoms with van der Waals surface area (Å²) < 4.78 is 4.98. The summed E-state index contributed by atoms with van der Waals surface area (Å²) in [6.07, 6.45) is 2.06. The van der Waals surface area contributed by atoms with Gasteiger partial charge in [-0.15, -0.1) is 11.3 Å². The highest BCUT2D eigenvalue weighted by atomic mass is 32.1. The number of thiophene rings is 1. The van der Waals surface area contributed by atoms with Crippen molar-refractivity contribution in [3.8, 4) is 0 Å². The average molecular weight is 268 g/mol. The van der Waals surface area contributed by atoms with Crippen LogP contribution in [0.3, 0.4) is 0 Å². The third-order valence-corrected chi connectivity index (χ3v) is 3.61. The number of carbonyl (C=O) groups is 2. The van der Waals surface area contributed by atoms with E-state index < -0.39 is 5.97 Å². The highest BCUT2D eigenvalue weighted by molar-refractivity contribution is 7.15. The molecule has 1 aromatic rings. The molecular weight excluding hydrogens is 252 g/mol. The van der Waals surface area contributed by atoms with Crippen molar-refractivity contribution >= 4 is 28.3 Å². The fraction of sp³-hybridized carbons (Fsp3) is 0.500. The Morgan fingerprint density at radius 3 is 2.83 bits per heavy atom. The van der Waals surface area contributed by atoms with E-state index in [1.807, 2.05) is 12.3 Å². The predicted octanol–water partition coefficient (Wildman–Crippen LogP) is 2.52. The Morgan fingerprint density at radius 2 is 2.22 bits per heavy atom. The largest absolute Gasteiger partial charge is 0.462 e. The van der Waals surface area contributed by atoms with Crippen LogP contribution in [-0.4, -0.2) is 24.6 Å². The highest BCUT2D eigenvalue weighted by Gasteiger charge is 2.25. The fourth-order valence-electron chi connectivity index (χ4n) is 1.55. The molecule has 98 valence electrons. The van der Waals surface area contributed by atoms with E-state index in [2.05, 4.69) is 10.6 Å². The summed E-state index contributed by atoms with van der Waals surface area (Å²) in [5.41, 5.74) is 1.27. The zero-order chi connectivity index (χ0) is 13.1. The maximum atomic E-state index is 11.8. The number of urea groups is 1. The number of hydrogen-bond acceptors (Lipinski definition) is 4. The van der Waals surface area contributed by atoms with E-state index >= 15 is 0 Å². The average Bonchev–Trinajstić information content (AvgIpc) is 3.03. The lowest BCUT2D eigenvalue weighted by molar-refractivity contribution is 0.0527. The fourth-order valence-corrected chi connectivity index (χ4v) is 2.47. The minimum atomic E-state index is -0.391. The summed E-state index contributed by atoms with van der Waals surface area (Å²) in [7, 11) is 0. The maximum absolute atomic E-state index is 11.8. The van der Waals surface area contributed by atoms with Crippen LogP contribution in [0.1, 0.15) is 35.7 Å². The van der Waals surface area contributed by atoms with Crippen LogP contribution in [0.2, 0.25) is 0 Å². The minimum Gasteiger partial charge on any atom is -0.462 e. The number of aryl methyl sites for hydroxylation is 1. The zero-order valence-electron chi connectivity index (χ0n) is 10.4. The molecule has 0 unspecified atom stereocenters. The summed E-state index contributed by atoms with van der Waals surface area (Å²) in [5, 5.41) is 7.90. The molecule has 1 heterocycles. The van der Waals surface area contributed by atoms with Crippen molar-refractivity contribution in [3.05, 3.63) is 16.5 Å². The lowest BCUT2D eigenvalue weighted by atomic mass is 10.2. The second kappa shape index (κ2) is 5.39. The molecule has 1 saturated carbocycles. The molecule has 0 spiro atoms. The number of nitrogens with one attached hydrogen (secondary N) is 2. The van der Waals surface area contributed by atoms with Gasteiger partial charge in [-0.2, -0.15) is 0 Å². The molecule has 2 rings (SSSR count). The van der Waals surface area contributed by atoms with Crippen molar-refractivity contribution in [3.63, 3.8) is 0 Å². The monoisotopic (exact) mass is 268 g/mol. The summed E-state index contributed by atoms with van der Waals surface area (Å²) in [4.78, 5) is 23.4. The van der Waals surface area contributed by atoms with E-state index in [4.69, 9.17) is 4.74 Å². The van der Waals surface area contributed by atoms with Gasteiger partial charge >= 0.3 is 12.0 Å². The van der Waals surface area contributed by atoms with Gasteiger partial charge in [0.2, 0.25) is 0 Å². The molecule has 0 saturated heterocycles. The molecule has 0 atom stereocenters. The number of rotatable bonds is 4.